The van der Waals surface area contributed by atoms with Crippen LogP contribution >= 0.6 is 11.3 Å². The summed E-state index contributed by atoms with van der Waals surface area (Å²) in [5, 5.41) is -0.511. The molecular weight excluding hydrogens is 273 g/mol. The molecule has 0 unspecified atom stereocenters. The Labute approximate surface area is 109 Å². The Morgan fingerprint density at radius 3 is 2.39 bits per heavy atom. The highest BCUT2D eigenvalue weighted by Crippen LogP contribution is 2.22. The van der Waals surface area contributed by atoms with Crippen molar-refractivity contribution in [3.63, 3.8) is 0 Å². The van der Waals surface area contributed by atoms with Crippen LogP contribution in [0.1, 0.15) is 18.5 Å². The molecule has 2 rings (SSSR count). The average molecular weight is 285 g/mol. The molecule has 6 heteroatoms. The van der Waals surface area contributed by atoms with Crippen LogP contribution in [0.15, 0.2) is 46.7 Å². The van der Waals surface area contributed by atoms with E-state index >= 15 is 0 Å². The van der Waals surface area contributed by atoms with Gasteiger partial charge in [-0.3, -0.25) is 0 Å². The van der Waals surface area contributed by atoms with Crippen LogP contribution in [0, 0.1) is 5.13 Å². The molecule has 2 aromatic rings. The smallest absolute Gasteiger partial charge is 0.206 e. The molecule has 0 spiro atoms. The fraction of sp³-hybridized carbons (Fsp3) is 0.167. The summed E-state index contributed by atoms with van der Waals surface area (Å²) in [5.41, 5.74) is 0.859. The zero-order valence-electron chi connectivity index (χ0n) is 9.63. The molecule has 1 aromatic carbocycles. The van der Waals surface area contributed by atoms with Crippen LogP contribution in [0.25, 0.3) is 0 Å². The van der Waals surface area contributed by atoms with E-state index in [2.05, 4.69) is 4.72 Å². The van der Waals surface area contributed by atoms with E-state index in [-0.39, 0.29) is 10.3 Å². The van der Waals surface area contributed by atoms with Crippen LogP contribution in [0.5, 0.6) is 0 Å². The first-order valence-corrected chi connectivity index (χ1v) is 7.61. The van der Waals surface area contributed by atoms with Gasteiger partial charge in [-0.25, -0.2) is 13.1 Å². The Balaban J connectivity index is 2.19. The van der Waals surface area contributed by atoms with Gasteiger partial charge in [0.25, 0.3) is 10.0 Å². The molecule has 18 heavy (non-hydrogen) atoms. The normalized spacial score (nSPS) is 13.4. The molecule has 0 bridgehead atoms. The van der Waals surface area contributed by atoms with Crippen LogP contribution < -0.4 is 4.72 Å². The molecule has 1 N–H and O–H groups in total. The Morgan fingerprint density at radius 2 is 1.83 bits per heavy atom. The van der Waals surface area contributed by atoms with Crippen molar-refractivity contribution in [2.24, 2.45) is 0 Å². The van der Waals surface area contributed by atoms with Crippen molar-refractivity contribution < 1.29 is 12.8 Å². The minimum absolute atomic E-state index is 0.0113. The molecule has 96 valence electrons. The van der Waals surface area contributed by atoms with Gasteiger partial charge in [-0.05, 0) is 24.6 Å². The summed E-state index contributed by atoms with van der Waals surface area (Å²) in [4.78, 5) is 0. The first-order valence-electron chi connectivity index (χ1n) is 5.31. The van der Waals surface area contributed by atoms with E-state index in [1.807, 2.05) is 30.3 Å². The zero-order valence-corrected chi connectivity index (χ0v) is 11.3. The number of sulfonamides is 1. The van der Waals surface area contributed by atoms with Gasteiger partial charge in [0.15, 0.2) is 5.13 Å². The first kappa shape index (κ1) is 13.2. The number of benzene rings is 1. The fourth-order valence-corrected chi connectivity index (χ4v) is 3.79. The number of nitrogens with one attached hydrogen (secondary N) is 1. The lowest BCUT2D eigenvalue weighted by Gasteiger charge is -2.13. The third kappa shape index (κ3) is 2.95. The Bertz CT molecular complexity index is 623. The summed E-state index contributed by atoms with van der Waals surface area (Å²) >= 11 is 0.615. The van der Waals surface area contributed by atoms with E-state index in [4.69, 9.17) is 0 Å². The Kier molecular flexibility index (Phi) is 3.79. The molecule has 0 aliphatic rings. The van der Waals surface area contributed by atoms with Crippen molar-refractivity contribution in [2.45, 2.75) is 17.2 Å². The van der Waals surface area contributed by atoms with Crippen LogP contribution in [-0.4, -0.2) is 8.42 Å². The van der Waals surface area contributed by atoms with E-state index in [9.17, 15) is 12.8 Å². The topological polar surface area (TPSA) is 46.2 Å². The van der Waals surface area contributed by atoms with Crippen LogP contribution in [-0.2, 0) is 10.0 Å². The minimum atomic E-state index is -3.66. The van der Waals surface area contributed by atoms with Gasteiger partial charge in [0.2, 0.25) is 0 Å². The number of hydrogen-bond acceptors (Lipinski definition) is 3. The molecule has 1 atom stereocenters. The summed E-state index contributed by atoms with van der Waals surface area (Å²) in [6.07, 6.45) is 0. The first-order chi connectivity index (χ1) is 8.49. The Morgan fingerprint density at radius 1 is 1.17 bits per heavy atom. The van der Waals surface area contributed by atoms with Crippen LogP contribution in [0.3, 0.4) is 0 Å². The predicted molar refractivity (Wildman–Crippen MR) is 69.5 cm³/mol. The molecule has 0 fully saturated rings. The van der Waals surface area contributed by atoms with Crippen molar-refractivity contribution in [3.8, 4) is 0 Å². The molecule has 1 aromatic heterocycles. The molecular formula is C12H12FNO2S2. The van der Waals surface area contributed by atoms with E-state index < -0.39 is 15.2 Å². The van der Waals surface area contributed by atoms with Crippen molar-refractivity contribution in [1.29, 1.82) is 0 Å². The molecule has 0 aliphatic carbocycles. The highest BCUT2D eigenvalue weighted by atomic mass is 32.2. The molecule has 0 amide bonds. The molecule has 0 saturated carbocycles. The third-order valence-corrected chi connectivity index (χ3v) is 5.35. The standard InChI is InChI=1S/C12H12FNO2S2/c1-9(10-5-3-2-4-6-10)14-18(15,16)12-8-7-11(13)17-12/h2-9,14H,1H3/t9-/m1/s1. The lowest BCUT2D eigenvalue weighted by Crippen LogP contribution is -2.26. The maximum absolute atomic E-state index is 12.8. The quantitative estimate of drug-likeness (QED) is 0.939. The van der Waals surface area contributed by atoms with E-state index in [0.717, 1.165) is 11.6 Å². The summed E-state index contributed by atoms with van der Waals surface area (Å²) in [6.45, 7) is 1.75. The number of hydrogen-bond donors (Lipinski definition) is 1. The zero-order chi connectivity index (χ0) is 13.2. The van der Waals surface area contributed by atoms with Gasteiger partial charge < -0.3 is 0 Å². The van der Waals surface area contributed by atoms with E-state index in [1.54, 1.807) is 6.92 Å². The van der Waals surface area contributed by atoms with Gasteiger partial charge in [0.1, 0.15) is 4.21 Å². The summed E-state index contributed by atoms with van der Waals surface area (Å²) in [6, 6.07) is 11.3. The fourth-order valence-electron chi connectivity index (χ4n) is 1.54. The van der Waals surface area contributed by atoms with Gasteiger partial charge in [-0.15, -0.1) is 0 Å². The summed E-state index contributed by atoms with van der Waals surface area (Å²) in [7, 11) is -3.66. The predicted octanol–water partition coefficient (Wildman–Crippen LogP) is 2.93. The van der Waals surface area contributed by atoms with Crippen LogP contribution in [0.4, 0.5) is 4.39 Å². The molecule has 0 radical (unpaired) electrons. The maximum atomic E-state index is 12.8. The molecule has 0 aliphatic heterocycles. The number of rotatable bonds is 4. The van der Waals surface area contributed by atoms with Gasteiger partial charge in [-0.1, -0.05) is 41.7 Å². The SMILES string of the molecule is C[C@@H](NS(=O)(=O)c1ccc(F)s1)c1ccccc1. The van der Waals surface area contributed by atoms with Crippen molar-refractivity contribution in [1.82, 2.24) is 4.72 Å². The molecule has 0 saturated heterocycles. The average Bonchev–Trinajstić information content (AvgIpc) is 2.77. The lowest BCUT2D eigenvalue weighted by atomic mass is 10.1. The highest BCUT2D eigenvalue weighted by Gasteiger charge is 2.20. The third-order valence-electron chi connectivity index (χ3n) is 2.44. The van der Waals surface area contributed by atoms with Crippen molar-refractivity contribution in [2.75, 3.05) is 0 Å². The Hall–Kier alpha value is -1.24. The lowest BCUT2D eigenvalue weighted by molar-refractivity contribution is 0.569. The van der Waals surface area contributed by atoms with E-state index in [1.165, 1.54) is 6.07 Å². The monoisotopic (exact) mass is 285 g/mol. The second-order valence-electron chi connectivity index (χ2n) is 3.81. The summed E-state index contributed by atoms with van der Waals surface area (Å²) in [5.74, 6) is 0. The van der Waals surface area contributed by atoms with Crippen molar-refractivity contribution in [3.05, 3.63) is 53.2 Å². The van der Waals surface area contributed by atoms with E-state index in [0.29, 0.717) is 11.3 Å². The maximum Gasteiger partial charge on any atom is 0.250 e. The second kappa shape index (κ2) is 5.17. The number of halogens is 1. The highest BCUT2D eigenvalue weighted by molar-refractivity contribution is 7.91. The summed E-state index contributed by atoms with van der Waals surface area (Å²) < 4.78 is 39.3. The number of thiophene rings is 1. The molecule has 3 nitrogen and oxygen atoms in total. The second-order valence-corrected chi connectivity index (χ2v) is 6.79. The molecule has 1 heterocycles. The van der Waals surface area contributed by atoms with Gasteiger partial charge >= 0.3 is 0 Å². The van der Waals surface area contributed by atoms with Gasteiger partial charge in [-0.2, -0.15) is 4.39 Å². The van der Waals surface area contributed by atoms with Gasteiger partial charge in [0.05, 0.1) is 0 Å². The minimum Gasteiger partial charge on any atom is -0.206 e. The van der Waals surface area contributed by atoms with Crippen LogP contribution in [0.2, 0.25) is 0 Å². The largest absolute Gasteiger partial charge is 0.250 e. The van der Waals surface area contributed by atoms with Gasteiger partial charge in [0, 0.05) is 6.04 Å². The van der Waals surface area contributed by atoms with Crippen molar-refractivity contribution >= 4 is 21.4 Å².